The van der Waals surface area contributed by atoms with E-state index in [4.69, 9.17) is 0 Å². The standard InChI is InChI=1S/C14H17BrFN3/c1-3-4-6-19-7-5-17-14(19)18-13-9-11(15)12(16)8-10(13)2/h5,7-9H,3-4,6H2,1-2H3,(H,17,18). The molecule has 1 heterocycles. The van der Waals surface area contributed by atoms with Crippen LogP contribution in [0, 0.1) is 12.7 Å². The Hall–Kier alpha value is -1.36. The van der Waals surface area contributed by atoms with Crippen molar-refractivity contribution in [1.82, 2.24) is 9.55 Å². The lowest BCUT2D eigenvalue weighted by molar-refractivity contribution is 0.620. The molecule has 3 nitrogen and oxygen atoms in total. The van der Waals surface area contributed by atoms with Gasteiger partial charge in [-0.1, -0.05) is 13.3 Å². The lowest BCUT2D eigenvalue weighted by Crippen LogP contribution is -2.04. The number of hydrogen-bond acceptors (Lipinski definition) is 2. The minimum Gasteiger partial charge on any atom is -0.325 e. The third kappa shape index (κ3) is 3.35. The predicted octanol–water partition coefficient (Wildman–Crippen LogP) is 4.64. The fraction of sp³-hybridized carbons (Fsp3) is 0.357. The van der Waals surface area contributed by atoms with E-state index in [1.165, 1.54) is 6.07 Å². The second-order valence-electron chi connectivity index (χ2n) is 4.50. The molecule has 1 aromatic heterocycles. The zero-order chi connectivity index (χ0) is 13.8. The zero-order valence-electron chi connectivity index (χ0n) is 11.1. The molecule has 0 aliphatic heterocycles. The summed E-state index contributed by atoms with van der Waals surface area (Å²) in [5.41, 5.74) is 1.71. The van der Waals surface area contributed by atoms with Gasteiger partial charge < -0.3 is 9.88 Å². The molecule has 0 unspecified atom stereocenters. The van der Waals surface area contributed by atoms with Crippen molar-refractivity contribution in [2.24, 2.45) is 0 Å². The Bertz CT molecular complexity index is 566. The van der Waals surface area contributed by atoms with Crippen LogP contribution in [0.1, 0.15) is 25.3 Å². The van der Waals surface area contributed by atoms with Crippen LogP contribution in [-0.4, -0.2) is 9.55 Å². The van der Waals surface area contributed by atoms with Gasteiger partial charge in [0.1, 0.15) is 5.82 Å². The van der Waals surface area contributed by atoms with E-state index in [1.54, 1.807) is 12.3 Å². The Morgan fingerprint density at radius 2 is 2.21 bits per heavy atom. The summed E-state index contributed by atoms with van der Waals surface area (Å²) in [5, 5.41) is 3.25. The zero-order valence-corrected chi connectivity index (χ0v) is 12.7. The van der Waals surface area contributed by atoms with Crippen LogP contribution in [0.2, 0.25) is 0 Å². The van der Waals surface area contributed by atoms with Crippen LogP contribution in [0.3, 0.4) is 0 Å². The molecule has 0 aliphatic carbocycles. The number of nitrogens with one attached hydrogen (secondary N) is 1. The van der Waals surface area contributed by atoms with E-state index in [9.17, 15) is 4.39 Å². The first-order valence-electron chi connectivity index (χ1n) is 6.35. The lowest BCUT2D eigenvalue weighted by atomic mass is 10.2. The minimum absolute atomic E-state index is 0.252. The lowest BCUT2D eigenvalue weighted by Gasteiger charge is -2.12. The average molecular weight is 326 g/mol. The summed E-state index contributed by atoms with van der Waals surface area (Å²) in [5.74, 6) is 0.535. The molecule has 102 valence electrons. The first kappa shape index (κ1) is 14.1. The summed E-state index contributed by atoms with van der Waals surface area (Å²) in [6.45, 7) is 4.96. The van der Waals surface area contributed by atoms with E-state index in [0.717, 1.165) is 36.6 Å². The summed E-state index contributed by atoms with van der Waals surface area (Å²) >= 11 is 3.20. The molecule has 0 saturated carbocycles. The van der Waals surface area contributed by atoms with Gasteiger partial charge in [-0.25, -0.2) is 9.37 Å². The summed E-state index contributed by atoms with van der Waals surface area (Å²) in [7, 11) is 0. The van der Waals surface area contributed by atoms with Crippen molar-refractivity contribution < 1.29 is 4.39 Å². The van der Waals surface area contributed by atoms with Crippen LogP contribution >= 0.6 is 15.9 Å². The van der Waals surface area contributed by atoms with Crippen LogP contribution in [0.4, 0.5) is 16.0 Å². The molecule has 0 saturated heterocycles. The molecule has 0 aliphatic rings. The number of nitrogens with zero attached hydrogens (tertiary/aromatic N) is 2. The van der Waals surface area contributed by atoms with Gasteiger partial charge in [-0.3, -0.25) is 0 Å². The smallest absolute Gasteiger partial charge is 0.207 e. The molecule has 1 aromatic carbocycles. The van der Waals surface area contributed by atoms with E-state index in [2.05, 4.69) is 37.7 Å². The van der Waals surface area contributed by atoms with Crippen molar-refractivity contribution in [1.29, 1.82) is 0 Å². The van der Waals surface area contributed by atoms with Gasteiger partial charge in [-0.05, 0) is 47.0 Å². The van der Waals surface area contributed by atoms with Crippen molar-refractivity contribution in [2.75, 3.05) is 5.32 Å². The van der Waals surface area contributed by atoms with Gasteiger partial charge in [0, 0.05) is 24.6 Å². The largest absolute Gasteiger partial charge is 0.325 e. The molecule has 5 heteroatoms. The highest BCUT2D eigenvalue weighted by Crippen LogP contribution is 2.26. The molecule has 0 atom stereocenters. The topological polar surface area (TPSA) is 29.9 Å². The molecule has 0 amide bonds. The van der Waals surface area contributed by atoms with Crippen molar-refractivity contribution in [2.45, 2.75) is 33.2 Å². The average Bonchev–Trinajstić information content (AvgIpc) is 2.81. The molecular formula is C14H17BrFN3. The number of benzene rings is 1. The highest BCUT2D eigenvalue weighted by atomic mass is 79.9. The summed E-state index contributed by atoms with van der Waals surface area (Å²) < 4.78 is 15.9. The van der Waals surface area contributed by atoms with Gasteiger partial charge in [0.2, 0.25) is 5.95 Å². The van der Waals surface area contributed by atoms with Crippen LogP contribution < -0.4 is 5.32 Å². The van der Waals surface area contributed by atoms with Crippen LogP contribution in [-0.2, 0) is 6.54 Å². The molecule has 2 rings (SSSR count). The second-order valence-corrected chi connectivity index (χ2v) is 5.36. The first-order valence-corrected chi connectivity index (χ1v) is 7.15. The van der Waals surface area contributed by atoms with Gasteiger partial charge in [-0.2, -0.15) is 0 Å². The highest BCUT2D eigenvalue weighted by molar-refractivity contribution is 9.10. The Morgan fingerprint density at radius 1 is 1.42 bits per heavy atom. The predicted molar refractivity (Wildman–Crippen MR) is 79.3 cm³/mol. The molecule has 0 radical (unpaired) electrons. The summed E-state index contributed by atoms with van der Waals surface area (Å²) in [4.78, 5) is 4.30. The van der Waals surface area contributed by atoms with Gasteiger partial charge in [-0.15, -0.1) is 0 Å². The molecular weight excluding hydrogens is 309 g/mol. The number of aromatic nitrogens is 2. The van der Waals surface area contributed by atoms with Crippen LogP contribution in [0.5, 0.6) is 0 Å². The molecule has 1 N–H and O–H groups in total. The molecule has 0 bridgehead atoms. The molecule has 2 aromatic rings. The van der Waals surface area contributed by atoms with Crippen LogP contribution in [0.25, 0.3) is 0 Å². The Labute approximate surface area is 121 Å². The minimum atomic E-state index is -0.252. The number of imidazole rings is 1. The maximum absolute atomic E-state index is 13.4. The van der Waals surface area contributed by atoms with E-state index in [1.807, 2.05) is 13.1 Å². The van der Waals surface area contributed by atoms with Crippen molar-refractivity contribution in [3.8, 4) is 0 Å². The van der Waals surface area contributed by atoms with Crippen molar-refractivity contribution in [3.63, 3.8) is 0 Å². The number of hydrogen-bond donors (Lipinski definition) is 1. The Kier molecular flexibility index (Phi) is 4.58. The second kappa shape index (κ2) is 6.19. The van der Waals surface area contributed by atoms with Crippen molar-refractivity contribution >= 4 is 27.6 Å². The quantitative estimate of drug-likeness (QED) is 0.868. The van der Waals surface area contributed by atoms with Crippen molar-refractivity contribution in [3.05, 3.63) is 40.4 Å². The number of anilines is 2. The fourth-order valence-corrected chi connectivity index (χ4v) is 2.19. The SMILES string of the molecule is CCCCn1ccnc1Nc1cc(Br)c(F)cc1C. The van der Waals surface area contributed by atoms with Gasteiger partial charge >= 0.3 is 0 Å². The fourth-order valence-electron chi connectivity index (χ4n) is 1.84. The Morgan fingerprint density at radius 3 is 2.95 bits per heavy atom. The molecule has 0 fully saturated rings. The first-order chi connectivity index (χ1) is 9.11. The number of halogens is 2. The number of unbranched alkanes of at least 4 members (excludes halogenated alkanes) is 1. The molecule has 0 spiro atoms. The van der Waals surface area contributed by atoms with Gasteiger partial charge in [0.15, 0.2) is 0 Å². The van der Waals surface area contributed by atoms with Gasteiger partial charge in [0.05, 0.1) is 4.47 Å². The number of rotatable bonds is 5. The van der Waals surface area contributed by atoms with Crippen LogP contribution in [0.15, 0.2) is 29.0 Å². The monoisotopic (exact) mass is 325 g/mol. The van der Waals surface area contributed by atoms with E-state index >= 15 is 0 Å². The van der Waals surface area contributed by atoms with E-state index in [0.29, 0.717) is 4.47 Å². The van der Waals surface area contributed by atoms with Gasteiger partial charge in [0.25, 0.3) is 0 Å². The van der Waals surface area contributed by atoms with E-state index in [-0.39, 0.29) is 5.82 Å². The highest BCUT2D eigenvalue weighted by Gasteiger charge is 2.08. The maximum Gasteiger partial charge on any atom is 0.207 e. The summed E-state index contributed by atoms with van der Waals surface area (Å²) in [6, 6.07) is 3.25. The Balaban J connectivity index is 2.21. The maximum atomic E-state index is 13.4. The third-order valence-electron chi connectivity index (χ3n) is 2.98. The molecule has 19 heavy (non-hydrogen) atoms. The summed E-state index contributed by atoms with van der Waals surface area (Å²) in [6.07, 6.45) is 5.97. The third-order valence-corrected chi connectivity index (χ3v) is 3.59. The van der Waals surface area contributed by atoms with E-state index < -0.39 is 0 Å². The normalized spacial score (nSPS) is 10.7. The number of aryl methyl sites for hydroxylation is 2.